The van der Waals surface area contributed by atoms with E-state index in [9.17, 15) is 4.79 Å². The van der Waals surface area contributed by atoms with Crippen LogP contribution in [0, 0.1) is 0 Å². The van der Waals surface area contributed by atoms with Gasteiger partial charge in [0.2, 0.25) is 0 Å². The molecule has 4 heteroatoms. The molecule has 2 aromatic carbocycles. The fraction of sp³-hybridized carbons (Fsp3) is 0.0588. The quantitative estimate of drug-likeness (QED) is 0.893. The average Bonchev–Trinajstić information content (AvgIpc) is 2.76. The van der Waals surface area contributed by atoms with Crippen LogP contribution >= 0.6 is 0 Å². The molecule has 0 atom stereocenters. The number of urea groups is 1. The van der Waals surface area contributed by atoms with Crippen LogP contribution in [0.2, 0.25) is 0 Å². The number of carbonyl (C=O) groups excluding carboxylic acids is 1. The molecule has 0 radical (unpaired) electrons. The van der Waals surface area contributed by atoms with Gasteiger partial charge in [0.1, 0.15) is 0 Å². The summed E-state index contributed by atoms with van der Waals surface area (Å²) >= 11 is 0. The van der Waals surface area contributed by atoms with Gasteiger partial charge in [0, 0.05) is 30.4 Å². The fourth-order valence-corrected chi connectivity index (χ4v) is 2.08. The van der Waals surface area contributed by atoms with Gasteiger partial charge in [-0.3, -0.25) is 9.89 Å². The molecule has 0 fully saturated rings. The molecule has 104 valence electrons. The van der Waals surface area contributed by atoms with Crippen LogP contribution in [0.3, 0.4) is 0 Å². The molecule has 0 saturated carbocycles. The molecule has 0 saturated heterocycles. The van der Waals surface area contributed by atoms with Gasteiger partial charge in [0.15, 0.2) is 0 Å². The molecule has 3 rings (SSSR count). The summed E-state index contributed by atoms with van der Waals surface area (Å²) in [6.07, 6.45) is 5.06. The smallest absolute Gasteiger partial charge is 0.325 e. The van der Waals surface area contributed by atoms with Gasteiger partial charge in [0.05, 0.1) is 5.36 Å². The van der Waals surface area contributed by atoms with Crippen LogP contribution in [0.25, 0.3) is 6.20 Å². The average molecular weight is 277 g/mol. The second-order valence-electron chi connectivity index (χ2n) is 4.67. The Hall–Kier alpha value is -2.88. The van der Waals surface area contributed by atoms with Gasteiger partial charge in [-0.1, -0.05) is 48.5 Å². The second kappa shape index (κ2) is 6.05. The van der Waals surface area contributed by atoms with Crippen LogP contribution in [0.4, 0.5) is 4.79 Å². The number of amides is 2. The van der Waals surface area contributed by atoms with E-state index >= 15 is 0 Å². The molecular weight excluding hydrogens is 262 g/mol. The Morgan fingerprint density at radius 1 is 1.05 bits per heavy atom. The highest BCUT2D eigenvalue weighted by Gasteiger charge is 2.08. The topological polar surface area (TPSA) is 44.7 Å². The van der Waals surface area contributed by atoms with Crippen molar-refractivity contribution in [1.29, 1.82) is 0 Å². The van der Waals surface area contributed by atoms with E-state index < -0.39 is 0 Å². The summed E-state index contributed by atoms with van der Waals surface area (Å²) in [5.41, 5.74) is 1.06. The Morgan fingerprint density at radius 2 is 1.81 bits per heavy atom. The third-order valence-corrected chi connectivity index (χ3v) is 3.18. The van der Waals surface area contributed by atoms with Crippen LogP contribution in [-0.2, 0) is 6.54 Å². The minimum Gasteiger partial charge on any atom is -0.333 e. The Morgan fingerprint density at radius 3 is 2.67 bits per heavy atom. The second-order valence-corrected chi connectivity index (χ2v) is 4.67. The van der Waals surface area contributed by atoms with Crippen molar-refractivity contribution in [1.82, 2.24) is 10.2 Å². The summed E-state index contributed by atoms with van der Waals surface area (Å²) in [4.78, 5) is 18.0. The van der Waals surface area contributed by atoms with E-state index in [1.54, 1.807) is 18.6 Å². The molecule has 1 N–H and O–H groups in total. The molecule has 2 amide bonds. The highest BCUT2D eigenvalue weighted by Crippen LogP contribution is 2.00. The third-order valence-electron chi connectivity index (χ3n) is 3.18. The lowest BCUT2D eigenvalue weighted by Gasteiger charge is -2.13. The number of nitrogens with one attached hydrogen (secondary N) is 1. The standard InChI is InChI=1S/C17H15N3O/c21-17(19-12-14-6-2-1-3-7-14)20-11-10-18-16-9-5-4-8-15(16)13-20/h1-11,13H,12H2,(H,19,21). The molecule has 1 heterocycles. The first-order chi connectivity index (χ1) is 10.3. The Bertz CT molecular complexity index is 781. The molecule has 2 aromatic rings. The molecule has 1 aliphatic heterocycles. The molecule has 0 unspecified atom stereocenters. The monoisotopic (exact) mass is 277 g/mol. The lowest BCUT2D eigenvalue weighted by atomic mass is 10.2. The lowest BCUT2D eigenvalue weighted by Crippen LogP contribution is -2.35. The van der Waals surface area contributed by atoms with Crippen LogP contribution in [0.5, 0.6) is 0 Å². The maximum atomic E-state index is 12.2. The number of fused-ring (bicyclic) bond motifs is 1. The normalized spacial score (nSPS) is 12.7. The van der Waals surface area contributed by atoms with Crippen molar-refractivity contribution in [2.24, 2.45) is 4.99 Å². The van der Waals surface area contributed by atoms with Crippen molar-refractivity contribution >= 4 is 12.2 Å². The van der Waals surface area contributed by atoms with E-state index in [2.05, 4.69) is 10.3 Å². The van der Waals surface area contributed by atoms with Crippen LogP contribution < -0.4 is 15.9 Å². The largest absolute Gasteiger partial charge is 0.333 e. The molecular formula is C17H15N3O. The molecule has 0 aromatic heterocycles. The molecule has 0 aliphatic carbocycles. The van der Waals surface area contributed by atoms with Crippen molar-refractivity contribution in [2.75, 3.05) is 0 Å². The van der Waals surface area contributed by atoms with Crippen molar-refractivity contribution in [3.63, 3.8) is 0 Å². The van der Waals surface area contributed by atoms with E-state index in [1.165, 1.54) is 4.90 Å². The number of benzene rings is 2. The first-order valence-electron chi connectivity index (χ1n) is 6.74. The summed E-state index contributed by atoms with van der Waals surface area (Å²) in [5.74, 6) is 0. The molecule has 1 aliphatic rings. The van der Waals surface area contributed by atoms with E-state index in [0.29, 0.717) is 6.54 Å². The fourth-order valence-electron chi connectivity index (χ4n) is 2.08. The molecule has 0 bridgehead atoms. The number of carbonyl (C=O) groups is 1. The minimum absolute atomic E-state index is 0.179. The third kappa shape index (κ3) is 3.17. The van der Waals surface area contributed by atoms with Crippen LogP contribution in [0.1, 0.15) is 5.56 Å². The number of nitrogens with zero attached hydrogens (tertiary/aromatic N) is 2. The number of hydrogen-bond donors (Lipinski definition) is 1. The van der Waals surface area contributed by atoms with Crippen molar-refractivity contribution in [3.05, 3.63) is 83.1 Å². The Labute approximate surface area is 122 Å². The van der Waals surface area contributed by atoms with Gasteiger partial charge in [-0.2, -0.15) is 0 Å². The molecule has 4 nitrogen and oxygen atoms in total. The first kappa shape index (κ1) is 13.1. The maximum absolute atomic E-state index is 12.2. The lowest BCUT2D eigenvalue weighted by molar-refractivity contribution is 0.228. The summed E-state index contributed by atoms with van der Waals surface area (Å²) in [6, 6.07) is 17.3. The minimum atomic E-state index is -0.179. The number of hydrogen-bond acceptors (Lipinski definition) is 2. The predicted octanol–water partition coefficient (Wildman–Crippen LogP) is 1.74. The summed E-state index contributed by atoms with van der Waals surface area (Å²) < 4.78 is 0. The first-order valence-corrected chi connectivity index (χ1v) is 6.74. The van der Waals surface area contributed by atoms with Gasteiger partial charge in [-0.25, -0.2) is 4.79 Å². The van der Waals surface area contributed by atoms with E-state index in [-0.39, 0.29) is 6.03 Å². The van der Waals surface area contributed by atoms with Gasteiger partial charge in [0.25, 0.3) is 0 Å². The zero-order valence-electron chi connectivity index (χ0n) is 11.4. The highest BCUT2D eigenvalue weighted by atomic mass is 16.2. The van der Waals surface area contributed by atoms with Gasteiger partial charge in [-0.05, 0) is 11.6 Å². The number of para-hydroxylation sites is 1. The number of rotatable bonds is 2. The van der Waals surface area contributed by atoms with Gasteiger partial charge >= 0.3 is 6.03 Å². The highest BCUT2D eigenvalue weighted by molar-refractivity contribution is 5.79. The Kier molecular flexibility index (Phi) is 3.78. The zero-order chi connectivity index (χ0) is 14.5. The summed E-state index contributed by atoms with van der Waals surface area (Å²) in [5, 5.41) is 4.66. The van der Waals surface area contributed by atoms with Crippen LogP contribution in [0.15, 0.2) is 72.0 Å². The van der Waals surface area contributed by atoms with Crippen LogP contribution in [-0.4, -0.2) is 10.9 Å². The molecule has 21 heavy (non-hydrogen) atoms. The Balaban J connectivity index is 1.75. The molecule has 0 spiro atoms. The summed E-state index contributed by atoms with van der Waals surface area (Å²) in [6.45, 7) is 0.497. The van der Waals surface area contributed by atoms with Gasteiger partial charge in [-0.15, -0.1) is 0 Å². The predicted molar refractivity (Wildman–Crippen MR) is 81.3 cm³/mol. The van der Waals surface area contributed by atoms with E-state index in [0.717, 1.165) is 16.1 Å². The summed E-state index contributed by atoms with van der Waals surface area (Å²) in [7, 11) is 0. The van der Waals surface area contributed by atoms with Crippen molar-refractivity contribution in [2.45, 2.75) is 6.54 Å². The maximum Gasteiger partial charge on any atom is 0.325 e. The zero-order valence-corrected chi connectivity index (χ0v) is 11.4. The van der Waals surface area contributed by atoms with Gasteiger partial charge < -0.3 is 5.32 Å². The van der Waals surface area contributed by atoms with Crippen molar-refractivity contribution in [3.8, 4) is 0 Å². The van der Waals surface area contributed by atoms with Crippen molar-refractivity contribution < 1.29 is 4.79 Å². The van der Waals surface area contributed by atoms with E-state index in [1.807, 2.05) is 54.6 Å². The SMILES string of the molecule is O=C(NCc1ccccc1)N1C=CN=c2ccccc2=C1. The van der Waals surface area contributed by atoms with E-state index in [4.69, 9.17) is 0 Å².